The second-order valence-electron chi connectivity index (χ2n) is 9.87. The van der Waals surface area contributed by atoms with E-state index >= 15 is 0 Å². The number of aromatic nitrogens is 1. The molecule has 2 aromatic carbocycles. The molecule has 2 N–H and O–H groups in total. The molecule has 33 heavy (non-hydrogen) atoms. The molecule has 172 valence electrons. The fourth-order valence-corrected chi connectivity index (χ4v) is 5.75. The maximum Gasteiger partial charge on any atom is 0.416 e. The highest BCUT2D eigenvalue weighted by atomic mass is 19.4. The Morgan fingerprint density at radius 3 is 2.42 bits per heavy atom. The summed E-state index contributed by atoms with van der Waals surface area (Å²) in [4.78, 5) is 15.9. The third-order valence-electron chi connectivity index (χ3n) is 7.78. The Morgan fingerprint density at radius 2 is 1.76 bits per heavy atom. The third-order valence-corrected chi connectivity index (χ3v) is 7.78. The van der Waals surface area contributed by atoms with Gasteiger partial charge in [0.1, 0.15) is 5.75 Å². The van der Waals surface area contributed by atoms with E-state index in [1.165, 1.54) is 12.8 Å². The fraction of sp³-hybridized carbons (Fsp3) is 0.423. The molecule has 4 fully saturated rings. The van der Waals surface area contributed by atoms with Crippen LogP contribution in [0.5, 0.6) is 5.75 Å². The predicted molar refractivity (Wildman–Crippen MR) is 119 cm³/mol. The number of benzene rings is 2. The van der Waals surface area contributed by atoms with E-state index in [0.29, 0.717) is 5.92 Å². The molecule has 4 saturated carbocycles. The van der Waals surface area contributed by atoms with Gasteiger partial charge in [-0.15, -0.1) is 0 Å². The van der Waals surface area contributed by atoms with Crippen molar-refractivity contribution in [1.29, 1.82) is 0 Å². The van der Waals surface area contributed by atoms with Crippen LogP contribution in [0.3, 0.4) is 0 Å². The number of nitrogens with one attached hydrogen (secondary N) is 2. The minimum Gasteiger partial charge on any atom is -0.490 e. The lowest BCUT2D eigenvalue weighted by molar-refractivity contribution is -0.137. The van der Waals surface area contributed by atoms with Crippen LogP contribution in [0, 0.1) is 17.8 Å². The zero-order valence-electron chi connectivity index (χ0n) is 18.0. The minimum absolute atomic E-state index is 0.0250. The topological polar surface area (TPSA) is 54.1 Å². The first kappa shape index (κ1) is 20.6. The average molecular weight is 454 g/mol. The molecule has 1 aromatic heterocycles. The number of ether oxygens (including phenoxy) is 1. The molecule has 1 amide bonds. The molecule has 4 aliphatic rings. The minimum atomic E-state index is -4.31. The van der Waals surface area contributed by atoms with Crippen molar-refractivity contribution in [3.8, 4) is 5.75 Å². The smallest absolute Gasteiger partial charge is 0.416 e. The number of anilines is 1. The number of hydrogen-bond acceptors (Lipinski definition) is 2. The monoisotopic (exact) mass is 454 g/mol. The van der Waals surface area contributed by atoms with Crippen molar-refractivity contribution in [3.05, 3.63) is 59.8 Å². The van der Waals surface area contributed by atoms with Crippen LogP contribution in [0.25, 0.3) is 10.9 Å². The van der Waals surface area contributed by atoms with Crippen LogP contribution in [0.4, 0.5) is 18.9 Å². The van der Waals surface area contributed by atoms with Gasteiger partial charge in [0.05, 0.1) is 17.4 Å². The van der Waals surface area contributed by atoms with Gasteiger partial charge in [0.2, 0.25) is 5.91 Å². The van der Waals surface area contributed by atoms with Gasteiger partial charge in [-0.2, -0.15) is 13.2 Å². The number of carbonyl (C=O) groups is 1. The zero-order valence-corrected chi connectivity index (χ0v) is 18.0. The molecule has 0 spiro atoms. The van der Waals surface area contributed by atoms with Crippen molar-refractivity contribution in [2.24, 2.45) is 17.8 Å². The van der Waals surface area contributed by atoms with E-state index < -0.39 is 11.7 Å². The second kappa shape index (κ2) is 7.54. The first-order valence-corrected chi connectivity index (χ1v) is 11.6. The molecule has 0 radical (unpaired) electrons. The van der Waals surface area contributed by atoms with Gasteiger partial charge in [0.25, 0.3) is 0 Å². The lowest BCUT2D eigenvalue weighted by atomic mass is 9.77. The van der Waals surface area contributed by atoms with E-state index in [-0.39, 0.29) is 23.8 Å². The normalized spacial score (nSPS) is 28.3. The van der Waals surface area contributed by atoms with Crippen LogP contribution < -0.4 is 10.1 Å². The Hall–Kier alpha value is -2.96. The summed E-state index contributed by atoms with van der Waals surface area (Å²) in [6.07, 6.45) is 2.48. The van der Waals surface area contributed by atoms with E-state index in [9.17, 15) is 18.0 Å². The number of alkyl halides is 3. The molecule has 0 unspecified atom stereocenters. The number of H-pyrrole nitrogens is 1. The van der Waals surface area contributed by atoms with Crippen LogP contribution >= 0.6 is 0 Å². The molecular weight excluding hydrogens is 429 g/mol. The van der Waals surface area contributed by atoms with Gasteiger partial charge in [-0.1, -0.05) is 12.1 Å². The van der Waals surface area contributed by atoms with Gasteiger partial charge in [0, 0.05) is 23.0 Å². The number of hydrogen-bond donors (Lipinski definition) is 2. The zero-order chi connectivity index (χ0) is 22.7. The number of amides is 1. The van der Waals surface area contributed by atoms with Crippen LogP contribution in [0.15, 0.2) is 48.7 Å². The Morgan fingerprint density at radius 1 is 1.00 bits per heavy atom. The highest BCUT2D eigenvalue weighted by Gasteiger charge is 2.47. The van der Waals surface area contributed by atoms with Gasteiger partial charge in [-0.3, -0.25) is 4.79 Å². The predicted octanol–water partition coefficient (Wildman–Crippen LogP) is 6.50. The maximum absolute atomic E-state index is 12.8. The van der Waals surface area contributed by atoms with Crippen LogP contribution in [0.1, 0.15) is 49.1 Å². The van der Waals surface area contributed by atoms with Crippen molar-refractivity contribution in [3.63, 3.8) is 0 Å². The molecule has 3 aromatic rings. The summed E-state index contributed by atoms with van der Waals surface area (Å²) in [6.45, 7) is 0. The summed E-state index contributed by atoms with van der Waals surface area (Å²) in [5.41, 5.74) is 2.01. The SMILES string of the molecule is O=C(Nc1c[nH]c2ccc(O[C@H]3C[C@H](c4ccc(C(F)(F)F)cc4)C3)cc12)[C@@H]1CC2CC1C2. The first-order chi connectivity index (χ1) is 15.8. The van der Waals surface area contributed by atoms with Crippen LogP contribution in [0.2, 0.25) is 0 Å². The van der Waals surface area contributed by atoms with Crippen molar-refractivity contribution in [2.45, 2.75) is 50.3 Å². The van der Waals surface area contributed by atoms with Crippen molar-refractivity contribution >= 4 is 22.5 Å². The quantitative estimate of drug-likeness (QED) is 0.463. The second-order valence-corrected chi connectivity index (χ2v) is 9.87. The van der Waals surface area contributed by atoms with Gasteiger partial charge in [0.15, 0.2) is 0 Å². The lowest BCUT2D eigenvalue weighted by Crippen LogP contribution is -2.32. The molecule has 4 aliphatic carbocycles. The summed E-state index contributed by atoms with van der Waals surface area (Å²) in [6, 6.07) is 11.2. The molecule has 7 rings (SSSR count). The number of carbonyl (C=O) groups excluding carboxylic acids is 1. The summed E-state index contributed by atoms with van der Waals surface area (Å²) >= 11 is 0. The summed E-state index contributed by atoms with van der Waals surface area (Å²) in [7, 11) is 0. The first-order valence-electron chi connectivity index (χ1n) is 11.6. The van der Waals surface area contributed by atoms with E-state index in [0.717, 1.165) is 65.2 Å². The maximum atomic E-state index is 12.8. The largest absolute Gasteiger partial charge is 0.490 e. The Labute approximate surface area is 189 Å². The molecule has 0 aliphatic heterocycles. The lowest BCUT2D eigenvalue weighted by Gasteiger charge is -2.35. The molecular formula is C26H25F3N2O2. The van der Waals surface area contributed by atoms with Gasteiger partial charge in [-0.05, 0) is 85.8 Å². The number of aromatic amines is 1. The molecule has 0 saturated heterocycles. The van der Waals surface area contributed by atoms with Crippen LogP contribution in [-0.4, -0.2) is 17.0 Å². The van der Waals surface area contributed by atoms with Crippen molar-refractivity contribution < 1.29 is 22.7 Å². The summed E-state index contributed by atoms with van der Waals surface area (Å²) < 4.78 is 44.4. The molecule has 4 nitrogen and oxygen atoms in total. The average Bonchev–Trinajstić information content (AvgIpc) is 3.44. The number of halogens is 3. The summed E-state index contributed by atoms with van der Waals surface area (Å²) in [5.74, 6) is 2.48. The van der Waals surface area contributed by atoms with E-state index in [1.54, 1.807) is 12.1 Å². The third kappa shape index (κ3) is 3.77. The van der Waals surface area contributed by atoms with E-state index in [4.69, 9.17) is 4.74 Å². The number of rotatable bonds is 5. The van der Waals surface area contributed by atoms with Crippen molar-refractivity contribution in [2.75, 3.05) is 5.32 Å². The summed E-state index contributed by atoms with van der Waals surface area (Å²) in [5, 5.41) is 4.03. The fourth-order valence-electron chi connectivity index (χ4n) is 5.75. The van der Waals surface area contributed by atoms with E-state index in [2.05, 4.69) is 10.3 Å². The highest BCUT2D eigenvalue weighted by molar-refractivity contribution is 6.03. The Balaban J connectivity index is 1.09. The molecule has 7 heteroatoms. The molecule has 1 atom stereocenters. The Kier molecular flexibility index (Phi) is 4.71. The molecule has 1 heterocycles. The van der Waals surface area contributed by atoms with Gasteiger partial charge in [-0.25, -0.2) is 0 Å². The highest BCUT2D eigenvalue weighted by Crippen LogP contribution is 2.52. The van der Waals surface area contributed by atoms with Gasteiger partial charge >= 0.3 is 6.18 Å². The molecule has 2 bridgehead atoms. The van der Waals surface area contributed by atoms with Gasteiger partial charge < -0.3 is 15.0 Å². The van der Waals surface area contributed by atoms with E-state index in [1.807, 2.05) is 24.4 Å². The number of fused-ring (bicyclic) bond motifs is 2. The Bertz CT molecular complexity index is 1190. The van der Waals surface area contributed by atoms with Crippen molar-refractivity contribution in [1.82, 2.24) is 4.98 Å². The standard InChI is InChI=1S/C26H25F3N2O2/c27-26(28,29)18-3-1-15(2-4-18)16-10-20(11-16)33-19-5-6-23-22(12-19)24(13-30-23)31-25(32)21-9-14-7-17(21)8-14/h1-6,12-14,16-17,20-21,30H,7-11H2,(H,31,32)/t14?,16-,17?,20-,21-/m1/s1. The van der Waals surface area contributed by atoms with Crippen LogP contribution in [-0.2, 0) is 11.0 Å².